The van der Waals surface area contributed by atoms with E-state index in [1.807, 2.05) is 13.8 Å². The summed E-state index contributed by atoms with van der Waals surface area (Å²) in [6, 6.07) is 5.81. The molecule has 0 saturated heterocycles. The molecule has 0 bridgehead atoms. The minimum Gasteiger partial charge on any atom is -0.439 e. The molecule has 18 heavy (non-hydrogen) atoms. The Hall–Kier alpha value is -2.17. The summed E-state index contributed by atoms with van der Waals surface area (Å²) in [5.74, 6) is 1.23. The van der Waals surface area contributed by atoms with Crippen molar-refractivity contribution >= 4 is 5.95 Å². The lowest BCUT2D eigenvalue weighted by Crippen LogP contribution is -2.03. The molecule has 4 nitrogen and oxygen atoms in total. The van der Waals surface area contributed by atoms with Crippen molar-refractivity contribution in [2.75, 3.05) is 11.9 Å². The Bertz CT molecular complexity index is 528. The summed E-state index contributed by atoms with van der Waals surface area (Å²) in [4.78, 5) is 8.36. The van der Waals surface area contributed by atoms with Gasteiger partial charge in [0.25, 0.3) is 0 Å². The topological polar surface area (TPSA) is 47.0 Å². The van der Waals surface area contributed by atoms with E-state index in [2.05, 4.69) is 15.3 Å². The van der Waals surface area contributed by atoms with Gasteiger partial charge in [-0.1, -0.05) is 0 Å². The quantitative estimate of drug-likeness (QED) is 0.901. The third kappa shape index (κ3) is 2.94. The first-order chi connectivity index (χ1) is 8.69. The number of anilines is 1. The van der Waals surface area contributed by atoms with E-state index in [9.17, 15) is 4.39 Å². The maximum Gasteiger partial charge on any atom is 0.226 e. The minimum absolute atomic E-state index is 0.296. The van der Waals surface area contributed by atoms with E-state index in [0.29, 0.717) is 17.6 Å². The average molecular weight is 247 g/mol. The van der Waals surface area contributed by atoms with Gasteiger partial charge in [-0.25, -0.2) is 9.37 Å². The number of nitrogens with zero attached hydrogens (tertiary/aromatic N) is 2. The van der Waals surface area contributed by atoms with Crippen molar-refractivity contribution in [1.82, 2.24) is 9.97 Å². The summed E-state index contributed by atoms with van der Waals surface area (Å²) < 4.78 is 18.4. The van der Waals surface area contributed by atoms with Gasteiger partial charge in [-0.3, -0.25) is 0 Å². The average Bonchev–Trinajstić information content (AvgIpc) is 2.36. The van der Waals surface area contributed by atoms with Crippen LogP contribution in [0.25, 0.3) is 0 Å². The highest BCUT2D eigenvalue weighted by atomic mass is 19.1. The van der Waals surface area contributed by atoms with Gasteiger partial charge in [0, 0.05) is 18.3 Å². The summed E-state index contributed by atoms with van der Waals surface area (Å²) in [7, 11) is 0. The fourth-order valence-electron chi connectivity index (χ4n) is 1.39. The van der Waals surface area contributed by atoms with Gasteiger partial charge in [0.2, 0.25) is 11.8 Å². The largest absolute Gasteiger partial charge is 0.439 e. The summed E-state index contributed by atoms with van der Waals surface area (Å²) >= 11 is 0. The van der Waals surface area contributed by atoms with E-state index in [-0.39, 0.29) is 5.82 Å². The van der Waals surface area contributed by atoms with Gasteiger partial charge in [-0.2, -0.15) is 4.98 Å². The van der Waals surface area contributed by atoms with Gasteiger partial charge in [0.15, 0.2) is 0 Å². The molecule has 0 fully saturated rings. The second kappa shape index (κ2) is 5.44. The molecule has 5 heteroatoms. The Morgan fingerprint density at radius 2 is 2.00 bits per heavy atom. The van der Waals surface area contributed by atoms with Crippen molar-refractivity contribution in [3.63, 3.8) is 0 Å². The molecule has 0 aliphatic heterocycles. The zero-order valence-corrected chi connectivity index (χ0v) is 10.3. The van der Waals surface area contributed by atoms with Crippen molar-refractivity contribution in [1.29, 1.82) is 0 Å². The summed E-state index contributed by atoms with van der Waals surface area (Å²) in [6.45, 7) is 4.55. The fourth-order valence-corrected chi connectivity index (χ4v) is 1.39. The second-order valence-electron chi connectivity index (χ2n) is 3.77. The van der Waals surface area contributed by atoms with Crippen LogP contribution in [0.4, 0.5) is 10.3 Å². The van der Waals surface area contributed by atoms with Crippen LogP contribution in [0.2, 0.25) is 0 Å². The van der Waals surface area contributed by atoms with Crippen molar-refractivity contribution in [2.24, 2.45) is 0 Å². The van der Waals surface area contributed by atoms with Crippen LogP contribution in [0.3, 0.4) is 0 Å². The third-order valence-electron chi connectivity index (χ3n) is 2.29. The number of aromatic nitrogens is 2. The molecule has 2 aromatic rings. The molecule has 1 heterocycles. The summed E-state index contributed by atoms with van der Waals surface area (Å²) in [5, 5.41) is 3.01. The maximum absolute atomic E-state index is 12.8. The van der Waals surface area contributed by atoms with E-state index in [0.717, 1.165) is 12.1 Å². The SMILES string of the molecule is CCNc1ncc(C)c(Oc2ccc(F)cc2)n1. The van der Waals surface area contributed by atoms with Gasteiger partial charge in [-0.15, -0.1) is 0 Å². The van der Waals surface area contributed by atoms with Gasteiger partial charge in [0.05, 0.1) is 0 Å². The molecule has 0 aliphatic rings. The lowest BCUT2D eigenvalue weighted by Gasteiger charge is -2.09. The van der Waals surface area contributed by atoms with Crippen LogP contribution < -0.4 is 10.1 Å². The highest BCUT2D eigenvalue weighted by molar-refractivity contribution is 5.35. The number of benzene rings is 1. The molecule has 0 amide bonds. The van der Waals surface area contributed by atoms with Gasteiger partial charge in [0.1, 0.15) is 11.6 Å². The van der Waals surface area contributed by atoms with Crippen LogP contribution in [-0.2, 0) is 0 Å². The molecule has 0 radical (unpaired) electrons. The van der Waals surface area contributed by atoms with Crippen LogP contribution in [0, 0.1) is 12.7 Å². The highest BCUT2D eigenvalue weighted by Gasteiger charge is 2.06. The normalized spacial score (nSPS) is 10.2. The summed E-state index contributed by atoms with van der Waals surface area (Å²) in [5.41, 5.74) is 0.820. The number of aryl methyl sites for hydroxylation is 1. The molecule has 94 valence electrons. The second-order valence-corrected chi connectivity index (χ2v) is 3.77. The molecular weight excluding hydrogens is 233 g/mol. The monoisotopic (exact) mass is 247 g/mol. The molecule has 0 unspecified atom stereocenters. The lowest BCUT2D eigenvalue weighted by atomic mass is 10.3. The van der Waals surface area contributed by atoms with Gasteiger partial charge >= 0.3 is 0 Å². The number of nitrogens with one attached hydrogen (secondary N) is 1. The Morgan fingerprint density at radius 1 is 1.28 bits per heavy atom. The zero-order chi connectivity index (χ0) is 13.0. The van der Waals surface area contributed by atoms with Gasteiger partial charge in [-0.05, 0) is 38.1 Å². The zero-order valence-electron chi connectivity index (χ0n) is 10.3. The molecular formula is C13H14FN3O. The van der Waals surface area contributed by atoms with E-state index in [1.165, 1.54) is 12.1 Å². The molecule has 0 aliphatic carbocycles. The molecule has 0 atom stereocenters. The predicted octanol–water partition coefficient (Wildman–Crippen LogP) is 3.15. The van der Waals surface area contributed by atoms with Gasteiger partial charge < -0.3 is 10.1 Å². The first-order valence-electron chi connectivity index (χ1n) is 5.70. The third-order valence-corrected chi connectivity index (χ3v) is 2.29. The van der Waals surface area contributed by atoms with Crippen LogP contribution in [0.1, 0.15) is 12.5 Å². The van der Waals surface area contributed by atoms with E-state index in [1.54, 1.807) is 18.3 Å². The lowest BCUT2D eigenvalue weighted by molar-refractivity contribution is 0.456. The van der Waals surface area contributed by atoms with Crippen molar-refractivity contribution in [3.8, 4) is 11.6 Å². The molecule has 1 aromatic heterocycles. The van der Waals surface area contributed by atoms with Crippen molar-refractivity contribution < 1.29 is 9.13 Å². The molecule has 2 rings (SSSR count). The molecule has 1 N–H and O–H groups in total. The smallest absolute Gasteiger partial charge is 0.226 e. The van der Waals surface area contributed by atoms with Crippen LogP contribution in [0.5, 0.6) is 11.6 Å². The van der Waals surface area contributed by atoms with Crippen molar-refractivity contribution in [2.45, 2.75) is 13.8 Å². The minimum atomic E-state index is -0.296. The Balaban J connectivity index is 2.22. The number of halogens is 1. The Labute approximate surface area is 105 Å². The number of rotatable bonds is 4. The van der Waals surface area contributed by atoms with E-state index >= 15 is 0 Å². The Morgan fingerprint density at radius 3 is 2.67 bits per heavy atom. The molecule has 0 spiro atoms. The van der Waals surface area contributed by atoms with Crippen LogP contribution >= 0.6 is 0 Å². The maximum atomic E-state index is 12.8. The first kappa shape index (κ1) is 12.3. The number of hydrogen-bond donors (Lipinski definition) is 1. The van der Waals surface area contributed by atoms with E-state index in [4.69, 9.17) is 4.74 Å². The standard InChI is InChI=1S/C13H14FN3O/c1-3-15-13-16-8-9(2)12(17-13)18-11-6-4-10(14)5-7-11/h4-8H,3H2,1-2H3,(H,15,16,17). The van der Waals surface area contributed by atoms with Crippen LogP contribution in [0.15, 0.2) is 30.5 Å². The molecule has 1 aromatic carbocycles. The predicted molar refractivity (Wildman–Crippen MR) is 67.4 cm³/mol. The summed E-state index contributed by atoms with van der Waals surface area (Å²) in [6.07, 6.45) is 1.68. The number of ether oxygens (including phenoxy) is 1. The molecule has 0 saturated carbocycles. The fraction of sp³-hybridized carbons (Fsp3) is 0.231. The van der Waals surface area contributed by atoms with E-state index < -0.39 is 0 Å². The van der Waals surface area contributed by atoms with Crippen LogP contribution in [-0.4, -0.2) is 16.5 Å². The number of hydrogen-bond acceptors (Lipinski definition) is 4. The van der Waals surface area contributed by atoms with Crippen molar-refractivity contribution in [3.05, 3.63) is 41.8 Å². The first-order valence-corrected chi connectivity index (χ1v) is 5.70. The highest BCUT2D eigenvalue weighted by Crippen LogP contribution is 2.23. The Kier molecular flexibility index (Phi) is 3.72.